The molecule has 0 unspecified atom stereocenters. The third-order valence-corrected chi connectivity index (χ3v) is 4.36. The lowest BCUT2D eigenvalue weighted by atomic mass is 10.2. The first-order valence-corrected chi connectivity index (χ1v) is 7.31. The number of hydrogen-bond acceptors (Lipinski definition) is 3. The van der Waals surface area contributed by atoms with Crippen LogP contribution in [-0.4, -0.2) is 41.9 Å². The summed E-state index contributed by atoms with van der Waals surface area (Å²) in [7, 11) is 0. The minimum Gasteiger partial charge on any atom is -0.406 e. The number of anilines is 1. The lowest BCUT2D eigenvalue weighted by Crippen LogP contribution is -2.26. The van der Waals surface area contributed by atoms with Crippen molar-refractivity contribution >= 4 is 21.6 Å². The molecule has 0 aliphatic carbocycles. The molecule has 2 fully saturated rings. The highest BCUT2D eigenvalue weighted by Gasteiger charge is 2.38. The fourth-order valence-electron chi connectivity index (χ4n) is 2.86. The van der Waals surface area contributed by atoms with Gasteiger partial charge in [0.05, 0.1) is 6.67 Å². The molecule has 0 aromatic heterocycles. The Kier molecular flexibility index (Phi) is 3.58. The molecule has 0 amide bonds. The Bertz CT molecular complexity index is 465. The predicted molar refractivity (Wildman–Crippen MR) is 73.2 cm³/mol. The summed E-state index contributed by atoms with van der Waals surface area (Å²) < 4.78 is 40.1. The number of alkyl halides is 4. The zero-order valence-electron chi connectivity index (χ0n) is 10.6. The molecule has 0 N–H and O–H groups in total. The minimum absolute atomic E-state index is 0.179. The summed E-state index contributed by atoms with van der Waals surface area (Å²) in [6, 6.07) is 6.61. The van der Waals surface area contributed by atoms with Crippen molar-refractivity contribution in [3.63, 3.8) is 0 Å². The molecule has 2 atom stereocenters. The van der Waals surface area contributed by atoms with E-state index in [4.69, 9.17) is 0 Å². The molecule has 0 radical (unpaired) electrons. The van der Waals surface area contributed by atoms with Crippen LogP contribution in [0.15, 0.2) is 24.3 Å². The van der Waals surface area contributed by atoms with E-state index in [2.05, 4.69) is 30.5 Å². The van der Waals surface area contributed by atoms with Crippen molar-refractivity contribution in [1.29, 1.82) is 0 Å². The van der Waals surface area contributed by atoms with Crippen LogP contribution in [0.4, 0.5) is 18.9 Å². The van der Waals surface area contributed by atoms with Crippen LogP contribution in [0.2, 0.25) is 0 Å². The smallest absolute Gasteiger partial charge is 0.406 e. The highest BCUT2D eigenvalue weighted by atomic mass is 79.9. The second-order valence-corrected chi connectivity index (χ2v) is 6.46. The molecule has 3 rings (SSSR count). The lowest BCUT2D eigenvalue weighted by Gasteiger charge is -2.20. The van der Waals surface area contributed by atoms with Crippen LogP contribution in [0.5, 0.6) is 5.75 Å². The molecular weight excluding hydrogens is 337 g/mol. The maximum Gasteiger partial charge on any atom is 0.573 e. The maximum atomic E-state index is 12.1. The van der Waals surface area contributed by atoms with Crippen molar-refractivity contribution in [1.82, 2.24) is 4.90 Å². The molecule has 0 saturated carbocycles. The quantitative estimate of drug-likeness (QED) is 0.762. The predicted octanol–water partition coefficient (Wildman–Crippen LogP) is 3.20. The maximum absolute atomic E-state index is 12.1. The molecule has 0 spiro atoms. The minimum atomic E-state index is -4.64. The van der Waals surface area contributed by atoms with E-state index in [0.29, 0.717) is 10.9 Å². The summed E-state index contributed by atoms with van der Waals surface area (Å²) in [4.78, 5) is 5.12. The summed E-state index contributed by atoms with van der Waals surface area (Å²) in [5.41, 5.74) is 0.931. The first kappa shape index (κ1) is 14.0. The first-order valence-electron chi connectivity index (χ1n) is 6.39. The molecule has 2 heterocycles. The van der Waals surface area contributed by atoms with Crippen LogP contribution >= 0.6 is 15.9 Å². The van der Waals surface area contributed by atoms with Crippen LogP contribution in [0.3, 0.4) is 0 Å². The van der Waals surface area contributed by atoms with Crippen LogP contribution in [-0.2, 0) is 0 Å². The van der Waals surface area contributed by atoms with Crippen LogP contribution < -0.4 is 9.64 Å². The zero-order valence-corrected chi connectivity index (χ0v) is 12.2. The number of halogens is 4. The van der Waals surface area contributed by atoms with Crippen LogP contribution in [0.25, 0.3) is 0 Å². The zero-order chi connectivity index (χ0) is 14.3. The van der Waals surface area contributed by atoms with Gasteiger partial charge in [0.2, 0.25) is 0 Å². The standard InChI is InChI=1S/C13H14BrF3N2O/c14-9-5-11-7-19(8-18(11)6-9)10-1-3-12(4-2-10)20-13(15,16)17/h1-4,9,11H,5-8H2/t9-,11-/m0/s1. The molecule has 20 heavy (non-hydrogen) atoms. The van der Waals surface area contributed by atoms with Crippen LogP contribution in [0.1, 0.15) is 6.42 Å². The molecule has 110 valence electrons. The number of fused-ring (bicyclic) bond motifs is 1. The largest absolute Gasteiger partial charge is 0.573 e. The van der Waals surface area contributed by atoms with Gasteiger partial charge in [0, 0.05) is 29.6 Å². The Morgan fingerprint density at radius 1 is 1.15 bits per heavy atom. The third kappa shape index (κ3) is 3.03. The average molecular weight is 351 g/mol. The molecule has 3 nitrogen and oxygen atoms in total. The number of hydrogen-bond donors (Lipinski definition) is 0. The van der Waals surface area contributed by atoms with Gasteiger partial charge in [-0.1, -0.05) is 15.9 Å². The number of nitrogens with zero attached hydrogens (tertiary/aromatic N) is 2. The summed E-state index contributed by atoms with van der Waals surface area (Å²) >= 11 is 3.62. The fourth-order valence-corrected chi connectivity index (χ4v) is 3.67. The SMILES string of the molecule is FC(F)(F)Oc1ccc(N2C[C@@H]3C[C@H](Br)CN3C2)cc1. The monoisotopic (exact) mass is 350 g/mol. The summed E-state index contributed by atoms with van der Waals surface area (Å²) in [6.45, 7) is 2.77. The van der Waals surface area contributed by atoms with E-state index in [9.17, 15) is 13.2 Å². The summed E-state index contributed by atoms with van der Waals surface area (Å²) in [6.07, 6.45) is -3.52. The number of rotatable bonds is 2. The molecule has 1 aromatic rings. The molecule has 2 aliphatic rings. The number of benzene rings is 1. The second-order valence-electron chi connectivity index (χ2n) is 5.16. The van der Waals surface area contributed by atoms with Crippen molar-refractivity contribution in [3.8, 4) is 5.75 Å². The third-order valence-electron chi connectivity index (χ3n) is 3.70. The van der Waals surface area contributed by atoms with Gasteiger partial charge < -0.3 is 9.64 Å². The molecule has 7 heteroatoms. The van der Waals surface area contributed by atoms with E-state index in [1.807, 2.05) is 0 Å². The Hall–Kier alpha value is -0.950. The first-order chi connectivity index (χ1) is 9.40. The number of ether oxygens (including phenoxy) is 1. The van der Waals surface area contributed by atoms with Crippen molar-refractivity contribution < 1.29 is 17.9 Å². The van der Waals surface area contributed by atoms with Gasteiger partial charge in [0.1, 0.15) is 5.75 Å². The topological polar surface area (TPSA) is 15.7 Å². The van der Waals surface area contributed by atoms with Crippen molar-refractivity contribution in [2.75, 3.05) is 24.7 Å². The van der Waals surface area contributed by atoms with Gasteiger partial charge in [-0.25, -0.2) is 0 Å². The van der Waals surface area contributed by atoms with Gasteiger partial charge in [-0.3, -0.25) is 4.90 Å². The van der Waals surface area contributed by atoms with Gasteiger partial charge >= 0.3 is 6.36 Å². The molecular formula is C13H14BrF3N2O. The highest BCUT2D eigenvalue weighted by molar-refractivity contribution is 9.09. The average Bonchev–Trinajstić information content (AvgIpc) is 2.84. The van der Waals surface area contributed by atoms with Gasteiger partial charge in [-0.15, -0.1) is 13.2 Å². The summed E-state index contributed by atoms with van der Waals surface area (Å²) in [5.74, 6) is -0.179. The Morgan fingerprint density at radius 2 is 1.85 bits per heavy atom. The molecule has 0 bridgehead atoms. The van der Waals surface area contributed by atoms with E-state index < -0.39 is 6.36 Å². The second kappa shape index (κ2) is 5.11. The molecule has 2 saturated heterocycles. The fraction of sp³-hybridized carbons (Fsp3) is 0.538. The Balaban J connectivity index is 1.64. The van der Waals surface area contributed by atoms with Gasteiger partial charge in [0.25, 0.3) is 0 Å². The van der Waals surface area contributed by atoms with Crippen molar-refractivity contribution in [2.24, 2.45) is 0 Å². The lowest BCUT2D eigenvalue weighted by molar-refractivity contribution is -0.274. The van der Waals surface area contributed by atoms with Gasteiger partial charge in [-0.2, -0.15) is 0 Å². The summed E-state index contributed by atoms with van der Waals surface area (Å²) in [5, 5.41) is 0. The van der Waals surface area contributed by atoms with Gasteiger partial charge in [0.15, 0.2) is 0 Å². The van der Waals surface area contributed by atoms with Crippen LogP contribution in [0, 0.1) is 0 Å². The Labute approximate surface area is 123 Å². The van der Waals surface area contributed by atoms with E-state index in [1.165, 1.54) is 12.1 Å². The molecule has 2 aliphatic heterocycles. The normalized spacial score (nSPS) is 26.9. The van der Waals surface area contributed by atoms with E-state index in [-0.39, 0.29) is 5.75 Å². The van der Waals surface area contributed by atoms with E-state index >= 15 is 0 Å². The highest BCUT2D eigenvalue weighted by Crippen LogP contribution is 2.32. The van der Waals surface area contributed by atoms with Gasteiger partial charge in [-0.05, 0) is 30.7 Å². The van der Waals surface area contributed by atoms with E-state index in [1.54, 1.807) is 12.1 Å². The van der Waals surface area contributed by atoms with Crippen molar-refractivity contribution in [3.05, 3.63) is 24.3 Å². The van der Waals surface area contributed by atoms with Crippen molar-refractivity contribution in [2.45, 2.75) is 23.7 Å². The van der Waals surface area contributed by atoms with E-state index in [0.717, 1.165) is 31.9 Å². The Morgan fingerprint density at radius 3 is 2.45 bits per heavy atom. The molecule has 1 aromatic carbocycles.